The Kier molecular flexibility index (Phi) is 9.94. The fourth-order valence-electron chi connectivity index (χ4n) is 1.71. The van der Waals surface area contributed by atoms with E-state index >= 15 is 0 Å². The lowest BCUT2D eigenvalue weighted by Gasteiger charge is -2.13. The van der Waals surface area contributed by atoms with Crippen molar-refractivity contribution in [3.8, 4) is 0 Å². The molecule has 4 N–H and O–H groups in total. The van der Waals surface area contributed by atoms with Crippen molar-refractivity contribution in [2.45, 2.75) is 51.9 Å². The fraction of sp³-hybridized carbons (Fsp3) is 1.00. The predicted molar refractivity (Wildman–Crippen MR) is 59.6 cm³/mol. The Morgan fingerprint density at radius 2 is 1.46 bits per heavy atom. The topological polar surface area (TPSA) is 52.0 Å². The Hall–Kier alpha value is -0.0800. The average Bonchev–Trinajstić information content (AvgIpc) is 2.17. The van der Waals surface area contributed by atoms with Crippen molar-refractivity contribution in [3.63, 3.8) is 0 Å². The van der Waals surface area contributed by atoms with E-state index in [9.17, 15) is 0 Å². The van der Waals surface area contributed by atoms with Crippen molar-refractivity contribution in [3.05, 3.63) is 0 Å². The summed E-state index contributed by atoms with van der Waals surface area (Å²) in [6.07, 6.45) is 9.02. The third-order valence-corrected chi connectivity index (χ3v) is 2.71. The highest BCUT2D eigenvalue weighted by Crippen LogP contribution is 2.18. The zero-order valence-corrected chi connectivity index (χ0v) is 9.10. The Bertz CT molecular complexity index is 94.1. The van der Waals surface area contributed by atoms with Gasteiger partial charge in [-0.05, 0) is 38.3 Å². The summed E-state index contributed by atoms with van der Waals surface area (Å²) in [7, 11) is 0. The predicted octanol–water partition coefficient (Wildman–Crippen LogP) is 2.27. The molecule has 0 spiro atoms. The first kappa shape index (κ1) is 12.9. The number of hydrogen-bond donors (Lipinski definition) is 2. The van der Waals surface area contributed by atoms with Gasteiger partial charge in [0.05, 0.1) is 0 Å². The normalized spacial score (nSPS) is 13.2. The molecule has 0 radical (unpaired) electrons. The van der Waals surface area contributed by atoms with E-state index in [1.165, 1.54) is 44.9 Å². The lowest BCUT2D eigenvalue weighted by Crippen LogP contribution is -2.05. The van der Waals surface area contributed by atoms with Gasteiger partial charge >= 0.3 is 0 Å². The van der Waals surface area contributed by atoms with Crippen LogP contribution in [0.4, 0.5) is 0 Å². The highest BCUT2D eigenvalue weighted by molar-refractivity contribution is 4.58. The summed E-state index contributed by atoms with van der Waals surface area (Å²) in [5.41, 5.74) is 10.9. The molecule has 0 aliphatic rings. The Balaban J connectivity index is 3.25. The van der Waals surface area contributed by atoms with Gasteiger partial charge in [0.2, 0.25) is 0 Å². The third kappa shape index (κ3) is 8.26. The van der Waals surface area contributed by atoms with Gasteiger partial charge in [0.25, 0.3) is 0 Å². The molecule has 2 nitrogen and oxygen atoms in total. The fourth-order valence-corrected chi connectivity index (χ4v) is 1.71. The maximum atomic E-state index is 5.49. The second kappa shape index (κ2) is 10.0. The molecule has 2 heteroatoms. The molecule has 0 rings (SSSR count). The van der Waals surface area contributed by atoms with E-state index in [1.54, 1.807) is 0 Å². The summed E-state index contributed by atoms with van der Waals surface area (Å²) in [5.74, 6) is 0.904. The van der Waals surface area contributed by atoms with Crippen LogP contribution < -0.4 is 11.5 Å². The van der Waals surface area contributed by atoms with E-state index in [2.05, 4.69) is 6.92 Å². The maximum absolute atomic E-state index is 5.49. The van der Waals surface area contributed by atoms with Gasteiger partial charge in [0.1, 0.15) is 0 Å². The summed E-state index contributed by atoms with van der Waals surface area (Å²) in [6.45, 7) is 3.98. The first-order chi connectivity index (χ1) is 6.35. The first-order valence-corrected chi connectivity index (χ1v) is 5.75. The van der Waals surface area contributed by atoms with E-state index in [0.717, 1.165) is 19.0 Å². The van der Waals surface area contributed by atoms with E-state index < -0.39 is 0 Å². The summed E-state index contributed by atoms with van der Waals surface area (Å²) in [6, 6.07) is 0. The van der Waals surface area contributed by atoms with E-state index in [0.29, 0.717) is 0 Å². The SMILES string of the molecule is CCC(CCCN)CCCCCN. The molecular formula is C11H26N2. The number of unbranched alkanes of at least 4 members (excludes halogenated alkanes) is 2. The molecule has 0 aliphatic carbocycles. The standard InChI is InChI=1S/C11H26N2/c1-2-11(8-6-10-13)7-4-3-5-9-12/h11H,2-10,12-13H2,1H3. The lowest BCUT2D eigenvalue weighted by molar-refractivity contribution is 0.407. The van der Waals surface area contributed by atoms with Crippen molar-refractivity contribution in [2.75, 3.05) is 13.1 Å². The Morgan fingerprint density at radius 3 is 2.00 bits per heavy atom. The van der Waals surface area contributed by atoms with Crippen LogP contribution in [0.5, 0.6) is 0 Å². The molecule has 0 aromatic heterocycles. The van der Waals surface area contributed by atoms with E-state index in [-0.39, 0.29) is 0 Å². The molecule has 0 saturated heterocycles. The summed E-state index contributed by atoms with van der Waals surface area (Å²) < 4.78 is 0. The van der Waals surface area contributed by atoms with Crippen molar-refractivity contribution >= 4 is 0 Å². The van der Waals surface area contributed by atoms with Crippen LogP contribution in [0.3, 0.4) is 0 Å². The van der Waals surface area contributed by atoms with Gasteiger partial charge in [0, 0.05) is 0 Å². The van der Waals surface area contributed by atoms with Gasteiger partial charge in [0.15, 0.2) is 0 Å². The van der Waals surface area contributed by atoms with Gasteiger partial charge in [-0.15, -0.1) is 0 Å². The molecule has 0 aliphatic heterocycles. The molecular weight excluding hydrogens is 160 g/mol. The third-order valence-electron chi connectivity index (χ3n) is 2.71. The van der Waals surface area contributed by atoms with Crippen LogP contribution in [0, 0.1) is 5.92 Å². The second-order valence-corrected chi connectivity index (χ2v) is 3.84. The molecule has 80 valence electrons. The molecule has 0 fully saturated rings. The highest BCUT2D eigenvalue weighted by atomic mass is 14.5. The summed E-state index contributed by atoms with van der Waals surface area (Å²) in [4.78, 5) is 0. The van der Waals surface area contributed by atoms with Gasteiger partial charge < -0.3 is 11.5 Å². The van der Waals surface area contributed by atoms with Gasteiger partial charge in [-0.3, -0.25) is 0 Å². The molecule has 0 amide bonds. The van der Waals surface area contributed by atoms with Gasteiger partial charge in [-0.2, -0.15) is 0 Å². The van der Waals surface area contributed by atoms with Crippen LogP contribution in [0.15, 0.2) is 0 Å². The highest BCUT2D eigenvalue weighted by Gasteiger charge is 2.04. The molecule has 1 atom stereocenters. The van der Waals surface area contributed by atoms with E-state index in [4.69, 9.17) is 11.5 Å². The minimum Gasteiger partial charge on any atom is -0.330 e. The Morgan fingerprint density at radius 1 is 0.846 bits per heavy atom. The number of hydrogen-bond acceptors (Lipinski definition) is 2. The van der Waals surface area contributed by atoms with Crippen LogP contribution in [0.2, 0.25) is 0 Å². The maximum Gasteiger partial charge on any atom is -0.00772 e. The smallest absolute Gasteiger partial charge is 0.00772 e. The minimum atomic E-state index is 0.847. The van der Waals surface area contributed by atoms with Gasteiger partial charge in [-0.1, -0.05) is 32.6 Å². The Labute approximate surface area is 83.1 Å². The quantitative estimate of drug-likeness (QED) is 0.543. The molecule has 0 aromatic carbocycles. The van der Waals surface area contributed by atoms with Crippen molar-refractivity contribution in [1.29, 1.82) is 0 Å². The zero-order chi connectivity index (χ0) is 9.94. The summed E-state index contributed by atoms with van der Waals surface area (Å²) >= 11 is 0. The lowest BCUT2D eigenvalue weighted by atomic mass is 9.94. The average molecular weight is 186 g/mol. The zero-order valence-electron chi connectivity index (χ0n) is 9.10. The monoisotopic (exact) mass is 186 g/mol. The minimum absolute atomic E-state index is 0.847. The molecule has 1 unspecified atom stereocenters. The van der Waals surface area contributed by atoms with Crippen molar-refractivity contribution < 1.29 is 0 Å². The van der Waals surface area contributed by atoms with Crippen LogP contribution in [-0.4, -0.2) is 13.1 Å². The van der Waals surface area contributed by atoms with Crippen molar-refractivity contribution in [1.82, 2.24) is 0 Å². The van der Waals surface area contributed by atoms with E-state index in [1.807, 2.05) is 0 Å². The van der Waals surface area contributed by atoms with Gasteiger partial charge in [-0.25, -0.2) is 0 Å². The molecule has 0 aromatic rings. The van der Waals surface area contributed by atoms with Crippen LogP contribution in [-0.2, 0) is 0 Å². The molecule has 0 bridgehead atoms. The number of nitrogens with two attached hydrogens (primary N) is 2. The molecule has 0 saturated carbocycles. The number of rotatable bonds is 9. The molecule has 13 heavy (non-hydrogen) atoms. The first-order valence-electron chi connectivity index (χ1n) is 5.75. The largest absolute Gasteiger partial charge is 0.330 e. The van der Waals surface area contributed by atoms with Crippen LogP contribution >= 0.6 is 0 Å². The summed E-state index contributed by atoms with van der Waals surface area (Å²) in [5, 5.41) is 0. The second-order valence-electron chi connectivity index (χ2n) is 3.84. The van der Waals surface area contributed by atoms with Crippen LogP contribution in [0.1, 0.15) is 51.9 Å². The van der Waals surface area contributed by atoms with Crippen molar-refractivity contribution in [2.24, 2.45) is 17.4 Å². The van der Waals surface area contributed by atoms with Crippen LogP contribution in [0.25, 0.3) is 0 Å². The molecule has 0 heterocycles.